The lowest BCUT2D eigenvalue weighted by molar-refractivity contribution is -0.141. The van der Waals surface area contributed by atoms with E-state index in [0.29, 0.717) is 12.3 Å². The van der Waals surface area contributed by atoms with Crippen molar-refractivity contribution in [1.82, 2.24) is 10.2 Å². The Kier molecular flexibility index (Phi) is 6.55. The van der Waals surface area contributed by atoms with Gasteiger partial charge in [-0.25, -0.2) is 0 Å². The molecule has 2 unspecified atom stereocenters. The van der Waals surface area contributed by atoms with Crippen LogP contribution in [-0.4, -0.2) is 47.4 Å². The third-order valence-corrected chi connectivity index (χ3v) is 5.44. The van der Waals surface area contributed by atoms with Crippen molar-refractivity contribution in [1.29, 1.82) is 0 Å². The Hall–Kier alpha value is -0.550. The maximum atomic E-state index is 12.5. The van der Waals surface area contributed by atoms with E-state index in [9.17, 15) is 9.59 Å². The number of rotatable bonds is 6. The number of nitrogens with zero attached hydrogens (tertiary/aromatic N) is 1. The van der Waals surface area contributed by atoms with Crippen LogP contribution in [0.4, 0.5) is 0 Å². The van der Waals surface area contributed by atoms with Crippen LogP contribution in [-0.2, 0) is 9.59 Å². The topological polar surface area (TPSA) is 49.4 Å². The molecular formula is C16H28N2O2S. The van der Waals surface area contributed by atoms with E-state index in [1.54, 1.807) is 4.90 Å². The van der Waals surface area contributed by atoms with Crippen molar-refractivity contribution in [2.45, 2.75) is 64.0 Å². The lowest BCUT2D eigenvalue weighted by atomic mass is 10.1. The van der Waals surface area contributed by atoms with Crippen LogP contribution in [0.25, 0.3) is 0 Å². The van der Waals surface area contributed by atoms with Crippen molar-refractivity contribution >= 4 is 23.6 Å². The van der Waals surface area contributed by atoms with Gasteiger partial charge in [0.05, 0.1) is 12.5 Å². The predicted octanol–water partition coefficient (Wildman–Crippen LogP) is 2.43. The normalized spacial score (nSPS) is 26.2. The van der Waals surface area contributed by atoms with Gasteiger partial charge < -0.3 is 5.32 Å². The molecule has 1 N–H and O–H groups in total. The smallest absolute Gasteiger partial charge is 0.247 e. The summed E-state index contributed by atoms with van der Waals surface area (Å²) in [6, 6.07) is -0.131. The van der Waals surface area contributed by atoms with Crippen LogP contribution in [0.5, 0.6) is 0 Å². The Morgan fingerprint density at radius 3 is 2.52 bits per heavy atom. The van der Waals surface area contributed by atoms with Crippen LogP contribution in [0.1, 0.15) is 51.9 Å². The Morgan fingerprint density at radius 2 is 1.90 bits per heavy atom. The molecule has 0 radical (unpaired) electrons. The molecule has 2 rings (SSSR count). The minimum Gasteiger partial charge on any atom is -0.305 e. The Bertz CT molecular complexity index is 367. The van der Waals surface area contributed by atoms with Gasteiger partial charge in [0, 0.05) is 6.04 Å². The fraction of sp³-hybridized carbons (Fsp3) is 0.875. The number of nitrogens with one attached hydrogen (secondary N) is 1. The standard InChI is InChI=1S/C16H28N2O2S/c1-12(11-21-2)10-17-14-9-15(19)18(16(14)20)13-7-5-3-4-6-8-13/h12-14,17H,3-11H2,1-2H3. The molecule has 1 aliphatic carbocycles. The molecule has 1 saturated heterocycles. The number of amides is 2. The predicted molar refractivity (Wildman–Crippen MR) is 87.3 cm³/mol. The van der Waals surface area contributed by atoms with E-state index in [2.05, 4.69) is 18.5 Å². The maximum Gasteiger partial charge on any atom is 0.247 e. The van der Waals surface area contributed by atoms with E-state index in [1.165, 1.54) is 12.8 Å². The van der Waals surface area contributed by atoms with Gasteiger partial charge in [0.15, 0.2) is 0 Å². The Balaban J connectivity index is 1.89. The average molecular weight is 312 g/mol. The van der Waals surface area contributed by atoms with Crippen molar-refractivity contribution in [3.8, 4) is 0 Å². The fourth-order valence-corrected chi connectivity index (χ4v) is 4.08. The summed E-state index contributed by atoms with van der Waals surface area (Å²) in [5.74, 6) is 1.65. The van der Waals surface area contributed by atoms with Crippen molar-refractivity contribution in [3.05, 3.63) is 0 Å². The highest BCUT2D eigenvalue weighted by Gasteiger charge is 2.41. The largest absolute Gasteiger partial charge is 0.305 e. The lowest BCUT2D eigenvalue weighted by Gasteiger charge is -2.25. The molecule has 2 atom stereocenters. The van der Waals surface area contributed by atoms with E-state index in [1.807, 2.05) is 11.8 Å². The molecule has 1 heterocycles. The van der Waals surface area contributed by atoms with Gasteiger partial charge >= 0.3 is 0 Å². The van der Waals surface area contributed by atoms with Crippen LogP contribution < -0.4 is 5.32 Å². The van der Waals surface area contributed by atoms with Gasteiger partial charge in [-0.1, -0.05) is 32.6 Å². The molecule has 1 aliphatic heterocycles. The fourth-order valence-electron chi connectivity index (χ4n) is 3.40. The van der Waals surface area contributed by atoms with Crippen LogP contribution in [0.3, 0.4) is 0 Å². The lowest BCUT2D eigenvalue weighted by Crippen LogP contribution is -2.44. The summed E-state index contributed by atoms with van der Waals surface area (Å²) < 4.78 is 0. The number of hydrogen-bond donors (Lipinski definition) is 1. The summed E-state index contributed by atoms with van der Waals surface area (Å²) in [4.78, 5) is 26.4. The van der Waals surface area contributed by atoms with E-state index in [-0.39, 0.29) is 23.9 Å². The first-order valence-electron chi connectivity index (χ1n) is 8.21. The monoisotopic (exact) mass is 312 g/mol. The van der Waals surface area contributed by atoms with Gasteiger partial charge in [-0.2, -0.15) is 11.8 Å². The Labute approximate surface area is 132 Å². The number of likely N-dealkylation sites (tertiary alicyclic amines) is 1. The van der Waals surface area contributed by atoms with E-state index in [0.717, 1.165) is 38.0 Å². The van der Waals surface area contributed by atoms with E-state index >= 15 is 0 Å². The zero-order valence-electron chi connectivity index (χ0n) is 13.3. The summed E-state index contributed by atoms with van der Waals surface area (Å²) in [7, 11) is 0. The Morgan fingerprint density at radius 1 is 1.24 bits per heavy atom. The summed E-state index contributed by atoms with van der Waals surface area (Å²) in [5.41, 5.74) is 0. The third kappa shape index (κ3) is 4.46. The molecule has 5 heteroatoms. The molecular weight excluding hydrogens is 284 g/mol. The zero-order chi connectivity index (χ0) is 15.2. The highest BCUT2D eigenvalue weighted by atomic mass is 32.2. The summed E-state index contributed by atoms with van der Waals surface area (Å²) >= 11 is 1.82. The molecule has 21 heavy (non-hydrogen) atoms. The highest BCUT2D eigenvalue weighted by Crippen LogP contribution is 2.26. The SMILES string of the molecule is CSCC(C)CNC1CC(=O)N(C2CCCCCC2)C1=O. The number of imide groups is 1. The molecule has 0 aromatic carbocycles. The number of carbonyl (C=O) groups excluding carboxylic acids is 2. The van der Waals surface area contributed by atoms with Crippen molar-refractivity contribution in [3.63, 3.8) is 0 Å². The second-order valence-corrected chi connectivity index (χ2v) is 7.38. The molecule has 0 aromatic heterocycles. The number of carbonyl (C=O) groups is 2. The van der Waals surface area contributed by atoms with Crippen molar-refractivity contribution in [2.75, 3.05) is 18.6 Å². The maximum absolute atomic E-state index is 12.5. The zero-order valence-corrected chi connectivity index (χ0v) is 14.1. The quantitative estimate of drug-likeness (QED) is 0.604. The second kappa shape index (κ2) is 8.18. The van der Waals surface area contributed by atoms with Gasteiger partial charge in [-0.15, -0.1) is 0 Å². The van der Waals surface area contributed by atoms with E-state index in [4.69, 9.17) is 0 Å². The van der Waals surface area contributed by atoms with Gasteiger partial charge in [-0.3, -0.25) is 14.5 Å². The van der Waals surface area contributed by atoms with Gasteiger partial charge in [0.2, 0.25) is 11.8 Å². The molecule has 2 fully saturated rings. The van der Waals surface area contributed by atoms with Crippen molar-refractivity contribution in [2.24, 2.45) is 5.92 Å². The molecule has 2 amide bonds. The molecule has 120 valence electrons. The molecule has 2 aliphatic rings. The summed E-state index contributed by atoms with van der Waals surface area (Å²) in [6.45, 7) is 2.98. The number of hydrogen-bond acceptors (Lipinski definition) is 4. The van der Waals surface area contributed by atoms with Crippen LogP contribution in [0.15, 0.2) is 0 Å². The van der Waals surface area contributed by atoms with Gasteiger partial charge in [0.1, 0.15) is 0 Å². The average Bonchev–Trinajstić information content (AvgIpc) is 2.65. The van der Waals surface area contributed by atoms with Crippen molar-refractivity contribution < 1.29 is 9.59 Å². The summed E-state index contributed by atoms with van der Waals surface area (Å²) in [6.07, 6.45) is 9.19. The molecule has 0 aromatic rings. The first kappa shape index (κ1) is 16.8. The first-order chi connectivity index (χ1) is 10.1. The highest BCUT2D eigenvalue weighted by molar-refractivity contribution is 7.98. The number of thioether (sulfide) groups is 1. The van der Waals surface area contributed by atoms with Crippen LogP contribution in [0.2, 0.25) is 0 Å². The minimum atomic E-state index is -0.287. The second-order valence-electron chi connectivity index (χ2n) is 6.47. The van der Waals surface area contributed by atoms with Crippen LogP contribution in [0, 0.1) is 5.92 Å². The first-order valence-corrected chi connectivity index (χ1v) is 9.61. The minimum absolute atomic E-state index is 0.0169. The molecule has 0 bridgehead atoms. The summed E-state index contributed by atoms with van der Waals surface area (Å²) in [5, 5.41) is 3.31. The van der Waals surface area contributed by atoms with Gasteiger partial charge in [0.25, 0.3) is 0 Å². The molecule has 4 nitrogen and oxygen atoms in total. The third-order valence-electron chi connectivity index (χ3n) is 4.54. The molecule has 0 spiro atoms. The molecule has 1 saturated carbocycles. The van der Waals surface area contributed by atoms with Crippen LogP contribution >= 0.6 is 11.8 Å². The van der Waals surface area contributed by atoms with E-state index < -0.39 is 0 Å². The van der Waals surface area contributed by atoms with Gasteiger partial charge in [-0.05, 0) is 37.3 Å².